The fourth-order valence-corrected chi connectivity index (χ4v) is 3.79. The minimum absolute atomic E-state index is 0.308. The third-order valence-corrected chi connectivity index (χ3v) is 5.26. The molecule has 2 aliphatic rings. The molecule has 1 aliphatic carbocycles. The Labute approximate surface area is 163 Å². The van der Waals surface area contributed by atoms with Crippen LogP contribution in [0.1, 0.15) is 32.6 Å². The number of methoxy groups -OCH3 is 1. The molecule has 2 fully saturated rings. The number of benzene rings is 1. The Balaban J connectivity index is 1.56. The van der Waals surface area contributed by atoms with Crippen molar-refractivity contribution in [3.63, 3.8) is 0 Å². The van der Waals surface area contributed by atoms with Crippen molar-refractivity contribution in [3.05, 3.63) is 24.3 Å². The second-order valence-electron chi connectivity index (χ2n) is 7.08. The molecule has 1 aromatic rings. The van der Waals surface area contributed by atoms with Crippen LogP contribution in [0.25, 0.3) is 0 Å². The lowest BCUT2D eigenvalue weighted by Gasteiger charge is -2.19. The van der Waals surface area contributed by atoms with E-state index in [1.54, 1.807) is 24.3 Å². The van der Waals surface area contributed by atoms with Gasteiger partial charge in [0, 0.05) is 0 Å². The first kappa shape index (κ1) is 19.9. The van der Waals surface area contributed by atoms with Crippen LogP contribution in [0.15, 0.2) is 24.3 Å². The molecule has 1 saturated heterocycles. The monoisotopic (exact) mass is 388 g/mol. The number of anilines is 1. The predicted molar refractivity (Wildman–Crippen MR) is 99.3 cm³/mol. The number of ether oxygens (including phenoxy) is 2. The molecule has 3 rings (SSSR count). The zero-order valence-electron chi connectivity index (χ0n) is 16.0. The Bertz CT molecular complexity index is 769. The number of esters is 1. The second kappa shape index (κ2) is 8.41. The summed E-state index contributed by atoms with van der Waals surface area (Å²) in [4.78, 5) is 50.3. The quantitative estimate of drug-likeness (QED) is 0.588. The van der Waals surface area contributed by atoms with Crippen molar-refractivity contribution in [1.82, 2.24) is 4.90 Å². The molecule has 1 saturated carbocycles. The zero-order valence-corrected chi connectivity index (χ0v) is 16.0. The summed E-state index contributed by atoms with van der Waals surface area (Å²) >= 11 is 0. The smallest absolute Gasteiger partial charge is 0.326 e. The zero-order chi connectivity index (χ0) is 20.3. The average Bonchev–Trinajstić information content (AvgIpc) is 2.93. The number of nitrogens with one attached hydrogen (secondary N) is 1. The van der Waals surface area contributed by atoms with E-state index >= 15 is 0 Å². The van der Waals surface area contributed by atoms with Crippen molar-refractivity contribution in [2.24, 2.45) is 11.8 Å². The number of likely N-dealkylation sites (tertiary alicyclic amines) is 1. The Kier molecular flexibility index (Phi) is 5.96. The maximum atomic E-state index is 12.4. The van der Waals surface area contributed by atoms with E-state index < -0.39 is 24.5 Å². The van der Waals surface area contributed by atoms with E-state index in [2.05, 4.69) is 5.32 Å². The van der Waals surface area contributed by atoms with E-state index in [4.69, 9.17) is 9.47 Å². The number of nitrogens with zero attached hydrogens (tertiary/aromatic N) is 1. The fraction of sp³-hybridized carbons (Fsp3) is 0.500. The third kappa shape index (κ3) is 4.00. The normalized spacial score (nSPS) is 22.4. The molecule has 1 aliphatic heterocycles. The average molecular weight is 388 g/mol. The van der Waals surface area contributed by atoms with Gasteiger partial charge in [0.1, 0.15) is 12.3 Å². The number of hydrogen-bond donors (Lipinski definition) is 1. The Morgan fingerprint density at radius 1 is 1.14 bits per heavy atom. The molecule has 0 aromatic heterocycles. The molecule has 150 valence electrons. The number of para-hydroxylation sites is 2. The van der Waals surface area contributed by atoms with Gasteiger partial charge in [-0.05, 0) is 31.9 Å². The van der Waals surface area contributed by atoms with Crippen molar-refractivity contribution in [1.29, 1.82) is 0 Å². The van der Waals surface area contributed by atoms with Crippen molar-refractivity contribution in [2.45, 2.75) is 38.7 Å². The first-order valence-corrected chi connectivity index (χ1v) is 9.41. The van der Waals surface area contributed by atoms with Gasteiger partial charge in [0.25, 0.3) is 5.91 Å². The van der Waals surface area contributed by atoms with Gasteiger partial charge in [0.2, 0.25) is 11.8 Å². The highest BCUT2D eigenvalue weighted by atomic mass is 16.5. The summed E-state index contributed by atoms with van der Waals surface area (Å²) in [6.45, 7) is 0.965. The van der Waals surface area contributed by atoms with E-state index in [1.165, 1.54) is 14.0 Å². The molecule has 3 atom stereocenters. The van der Waals surface area contributed by atoms with E-state index in [0.717, 1.165) is 17.7 Å². The first-order valence-electron chi connectivity index (χ1n) is 9.41. The van der Waals surface area contributed by atoms with E-state index in [9.17, 15) is 19.2 Å². The molecule has 8 nitrogen and oxygen atoms in total. The summed E-state index contributed by atoms with van der Waals surface area (Å²) in [5, 5.41) is 2.63. The topological polar surface area (TPSA) is 102 Å². The van der Waals surface area contributed by atoms with Crippen LogP contribution in [0.4, 0.5) is 5.69 Å². The van der Waals surface area contributed by atoms with Crippen LogP contribution in [0.3, 0.4) is 0 Å². The highest BCUT2D eigenvalue weighted by Gasteiger charge is 2.48. The minimum Gasteiger partial charge on any atom is -0.495 e. The number of carbonyl (C=O) groups excluding carboxylic acids is 4. The van der Waals surface area contributed by atoms with Crippen LogP contribution in [0.2, 0.25) is 0 Å². The van der Waals surface area contributed by atoms with E-state index in [-0.39, 0.29) is 23.7 Å². The molecule has 1 heterocycles. The summed E-state index contributed by atoms with van der Waals surface area (Å²) in [6, 6.07) is 6.85. The highest BCUT2D eigenvalue weighted by Crippen LogP contribution is 2.37. The highest BCUT2D eigenvalue weighted by molar-refractivity contribution is 6.07. The lowest BCUT2D eigenvalue weighted by Crippen LogP contribution is -2.39. The summed E-state index contributed by atoms with van der Waals surface area (Å²) in [5.74, 6) is -2.10. The Morgan fingerprint density at radius 2 is 1.75 bits per heavy atom. The van der Waals surface area contributed by atoms with Crippen LogP contribution >= 0.6 is 0 Å². The van der Waals surface area contributed by atoms with Crippen LogP contribution in [-0.2, 0) is 23.9 Å². The van der Waals surface area contributed by atoms with Gasteiger partial charge < -0.3 is 14.8 Å². The van der Waals surface area contributed by atoms with Gasteiger partial charge >= 0.3 is 5.97 Å². The van der Waals surface area contributed by atoms with Crippen LogP contribution < -0.4 is 10.1 Å². The predicted octanol–water partition coefficient (Wildman–Crippen LogP) is 1.74. The van der Waals surface area contributed by atoms with E-state index in [1.807, 2.05) is 0 Å². The summed E-state index contributed by atoms with van der Waals surface area (Å²) in [5.41, 5.74) is 0.451. The molecule has 0 radical (unpaired) electrons. The molecule has 1 N–H and O–H groups in total. The lowest BCUT2D eigenvalue weighted by atomic mass is 9.81. The van der Waals surface area contributed by atoms with Gasteiger partial charge in [0.05, 0.1) is 24.6 Å². The molecule has 28 heavy (non-hydrogen) atoms. The second-order valence-corrected chi connectivity index (χ2v) is 7.08. The third-order valence-electron chi connectivity index (χ3n) is 5.26. The van der Waals surface area contributed by atoms with Crippen LogP contribution in [0.5, 0.6) is 5.75 Å². The van der Waals surface area contributed by atoms with Gasteiger partial charge in [-0.15, -0.1) is 0 Å². The summed E-state index contributed by atoms with van der Waals surface area (Å²) < 4.78 is 10.3. The standard InChI is InChI=1S/C20H24N2O6/c1-12(18(24)21-15-9-5-6-10-16(15)27-2)28-17(23)11-22-19(25)13-7-3-4-8-14(13)20(22)26/h5-6,9-10,12-14H,3-4,7-8,11H2,1-2H3,(H,21,24)/t12-,13-,14-/m0/s1. The van der Waals surface area contributed by atoms with Crippen molar-refractivity contribution in [3.8, 4) is 5.75 Å². The van der Waals surface area contributed by atoms with Crippen molar-refractivity contribution in [2.75, 3.05) is 19.0 Å². The van der Waals surface area contributed by atoms with Crippen molar-refractivity contribution < 1.29 is 28.7 Å². The number of fused-ring (bicyclic) bond motifs is 1. The van der Waals surface area contributed by atoms with Gasteiger partial charge in [0.15, 0.2) is 6.10 Å². The van der Waals surface area contributed by atoms with Gasteiger partial charge in [-0.25, -0.2) is 0 Å². The number of hydrogen-bond acceptors (Lipinski definition) is 6. The molecular formula is C20H24N2O6. The lowest BCUT2D eigenvalue weighted by molar-refractivity contribution is -0.158. The molecule has 0 unspecified atom stereocenters. The van der Waals surface area contributed by atoms with Crippen LogP contribution in [-0.4, -0.2) is 48.3 Å². The first-order chi connectivity index (χ1) is 13.4. The number of imide groups is 1. The summed E-state index contributed by atoms with van der Waals surface area (Å²) in [6.07, 6.45) is 2.10. The Morgan fingerprint density at radius 3 is 2.36 bits per heavy atom. The maximum absolute atomic E-state index is 12.4. The van der Waals surface area contributed by atoms with Crippen molar-refractivity contribution >= 4 is 29.4 Å². The molecule has 8 heteroatoms. The van der Waals surface area contributed by atoms with Crippen LogP contribution in [0, 0.1) is 11.8 Å². The molecule has 0 bridgehead atoms. The maximum Gasteiger partial charge on any atom is 0.326 e. The number of carbonyl (C=O) groups is 4. The number of rotatable bonds is 6. The summed E-state index contributed by atoms with van der Waals surface area (Å²) in [7, 11) is 1.48. The molecule has 3 amide bonds. The van der Waals surface area contributed by atoms with E-state index in [0.29, 0.717) is 24.3 Å². The molecule has 0 spiro atoms. The van der Waals surface area contributed by atoms with Gasteiger partial charge in [-0.3, -0.25) is 24.1 Å². The van der Waals surface area contributed by atoms with Gasteiger partial charge in [-0.1, -0.05) is 25.0 Å². The number of amides is 3. The Hall–Kier alpha value is -2.90. The SMILES string of the molecule is COc1ccccc1NC(=O)[C@H](C)OC(=O)CN1C(=O)[C@H]2CCCC[C@@H]2C1=O. The largest absolute Gasteiger partial charge is 0.495 e. The molecule has 1 aromatic carbocycles. The molecular weight excluding hydrogens is 364 g/mol. The minimum atomic E-state index is -1.09. The van der Waals surface area contributed by atoms with Gasteiger partial charge in [-0.2, -0.15) is 0 Å². The fourth-order valence-electron chi connectivity index (χ4n) is 3.79.